The van der Waals surface area contributed by atoms with Crippen molar-refractivity contribution in [3.8, 4) is 0 Å². The molecule has 98 valence electrons. The fraction of sp³-hybridized carbons (Fsp3) is 0.769. The van der Waals surface area contributed by atoms with Crippen LogP contribution in [0, 0.1) is 0 Å². The summed E-state index contributed by atoms with van der Waals surface area (Å²) in [7, 11) is 0. The van der Waals surface area contributed by atoms with E-state index in [0.29, 0.717) is 19.3 Å². The van der Waals surface area contributed by atoms with Crippen LogP contribution in [0.4, 0.5) is 0 Å². The molecule has 0 saturated heterocycles. The highest BCUT2D eigenvalue weighted by Gasteiger charge is 2.20. The number of rotatable bonds is 7. The number of aromatic nitrogens is 2. The van der Waals surface area contributed by atoms with Crippen molar-refractivity contribution in [2.45, 2.75) is 58.7 Å². The van der Waals surface area contributed by atoms with Crippen LogP contribution in [0.1, 0.15) is 52.3 Å². The van der Waals surface area contributed by atoms with E-state index in [2.05, 4.69) is 32.8 Å². The van der Waals surface area contributed by atoms with Crippen LogP contribution in [0.5, 0.6) is 0 Å². The molecule has 1 heterocycles. The van der Waals surface area contributed by atoms with Crippen LogP contribution in [0.2, 0.25) is 0 Å². The molecule has 1 rings (SSSR count). The Morgan fingerprint density at radius 3 is 2.53 bits per heavy atom. The summed E-state index contributed by atoms with van der Waals surface area (Å²) >= 11 is 0. The van der Waals surface area contributed by atoms with Crippen molar-refractivity contribution in [1.29, 1.82) is 0 Å². The highest BCUT2D eigenvalue weighted by molar-refractivity contribution is 4.98. The maximum absolute atomic E-state index is 6.16. The number of nitrogens with zero attached hydrogens (tertiary/aromatic N) is 2. The van der Waals surface area contributed by atoms with Gasteiger partial charge in [-0.2, -0.15) is 5.10 Å². The van der Waals surface area contributed by atoms with Gasteiger partial charge < -0.3 is 10.5 Å². The van der Waals surface area contributed by atoms with Crippen LogP contribution >= 0.6 is 0 Å². The summed E-state index contributed by atoms with van der Waals surface area (Å²) in [5, 5.41) is 4.43. The second-order valence-corrected chi connectivity index (χ2v) is 4.94. The fourth-order valence-corrected chi connectivity index (χ4v) is 1.55. The number of nitrogens with two attached hydrogens (primary N) is 1. The van der Waals surface area contributed by atoms with Gasteiger partial charge in [-0.25, -0.2) is 0 Å². The minimum atomic E-state index is -0.194. The van der Waals surface area contributed by atoms with Crippen molar-refractivity contribution in [3.05, 3.63) is 18.0 Å². The number of ether oxygens (including phenoxy) is 1. The molecule has 4 heteroatoms. The van der Waals surface area contributed by atoms with Crippen molar-refractivity contribution in [2.75, 3.05) is 6.61 Å². The average molecular weight is 239 g/mol. The molecule has 0 spiro atoms. The summed E-state index contributed by atoms with van der Waals surface area (Å²) in [4.78, 5) is 0. The molecule has 0 radical (unpaired) electrons. The van der Waals surface area contributed by atoms with Crippen molar-refractivity contribution >= 4 is 0 Å². The van der Waals surface area contributed by atoms with E-state index in [1.54, 1.807) is 0 Å². The molecule has 0 aliphatic rings. The van der Waals surface area contributed by atoms with Crippen LogP contribution in [0.25, 0.3) is 0 Å². The summed E-state index contributed by atoms with van der Waals surface area (Å²) in [6, 6.07) is 2.39. The zero-order valence-electron chi connectivity index (χ0n) is 11.4. The quantitative estimate of drug-likeness (QED) is 0.795. The number of hydrogen-bond donors (Lipinski definition) is 1. The molecule has 1 aromatic rings. The Morgan fingerprint density at radius 1 is 1.41 bits per heavy atom. The molecular weight excluding hydrogens is 214 g/mol. The van der Waals surface area contributed by atoms with Gasteiger partial charge in [-0.3, -0.25) is 4.68 Å². The summed E-state index contributed by atoms with van der Waals surface area (Å²) in [6.07, 6.45) is 3.85. The summed E-state index contributed by atoms with van der Waals surface area (Å²) in [5.41, 5.74) is 6.94. The topological polar surface area (TPSA) is 53.1 Å². The maximum atomic E-state index is 6.16. The first-order valence-electron chi connectivity index (χ1n) is 6.41. The molecule has 0 saturated carbocycles. The molecule has 2 N–H and O–H groups in total. The SMILES string of the molecule is CCC(N)(CC)COCc1ccn(C(C)C)n1. The highest BCUT2D eigenvalue weighted by atomic mass is 16.5. The highest BCUT2D eigenvalue weighted by Crippen LogP contribution is 2.13. The van der Waals surface area contributed by atoms with Crippen molar-refractivity contribution in [2.24, 2.45) is 5.73 Å². The predicted molar refractivity (Wildman–Crippen MR) is 69.8 cm³/mol. The number of hydrogen-bond acceptors (Lipinski definition) is 3. The molecule has 0 amide bonds. The zero-order chi connectivity index (χ0) is 12.9. The molecule has 0 aliphatic carbocycles. The lowest BCUT2D eigenvalue weighted by atomic mass is 9.96. The van der Waals surface area contributed by atoms with Crippen LogP contribution in [-0.4, -0.2) is 21.9 Å². The Labute approximate surface area is 104 Å². The molecule has 0 fully saturated rings. The second-order valence-electron chi connectivity index (χ2n) is 4.94. The van der Waals surface area contributed by atoms with Gasteiger partial charge in [-0.05, 0) is 32.8 Å². The monoisotopic (exact) mass is 239 g/mol. The van der Waals surface area contributed by atoms with Gasteiger partial charge in [0.1, 0.15) is 0 Å². The van der Waals surface area contributed by atoms with Gasteiger partial charge in [0.15, 0.2) is 0 Å². The maximum Gasteiger partial charge on any atom is 0.0907 e. The Balaban J connectivity index is 2.40. The van der Waals surface area contributed by atoms with E-state index in [1.165, 1.54) is 0 Å². The van der Waals surface area contributed by atoms with Gasteiger partial charge in [0.05, 0.1) is 18.9 Å². The first kappa shape index (κ1) is 14.2. The van der Waals surface area contributed by atoms with E-state index in [-0.39, 0.29) is 5.54 Å². The summed E-state index contributed by atoms with van der Waals surface area (Å²) in [6.45, 7) is 9.54. The van der Waals surface area contributed by atoms with Crippen LogP contribution in [0.3, 0.4) is 0 Å². The molecule has 0 bridgehead atoms. The first-order valence-corrected chi connectivity index (χ1v) is 6.41. The molecule has 17 heavy (non-hydrogen) atoms. The van der Waals surface area contributed by atoms with Gasteiger partial charge in [-0.15, -0.1) is 0 Å². The lowest BCUT2D eigenvalue weighted by Gasteiger charge is -2.25. The third-order valence-electron chi connectivity index (χ3n) is 3.24. The summed E-state index contributed by atoms with van der Waals surface area (Å²) in [5.74, 6) is 0. The Morgan fingerprint density at radius 2 is 2.06 bits per heavy atom. The lowest BCUT2D eigenvalue weighted by molar-refractivity contribution is 0.0674. The molecule has 0 atom stereocenters. The standard InChI is InChI=1S/C13H25N3O/c1-5-13(14,6-2)10-17-9-12-7-8-16(15-12)11(3)4/h7-8,11H,5-6,9-10,14H2,1-4H3. The van der Waals surface area contributed by atoms with Crippen molar-refractivity contribution in [1.82, 2.24) is 9.78 Å². The van der Waals surface area contributed by atoms with Gasteiger partial charge in [0.2, 0.25) is 0 Å². The van der Waals surface area contributed by atoms with E-state index in [9.17, 15) is 0 Å². The molecular formula is C13H25N3O. The van der Waals surface area contributed by atoms with Crippen molar-refractivity contribution in [3.63, 3.8) is 0 Å². The third-order valence-corrected chi connectivity index (χ3v) is 3.24. The predicted octanol–water partition coefficient (Wildman–Crippen LogP) is 2.50. The second kappa shape index (κ2) is 6.17. The minimum Gasteiger partial charge on any atom is -0.373 e. The Hall–Kier alpha value is -0.870. The van der Waals surface area contributed by atoms with E-state index >= 15 is 0 Å². The first-order chi connectivity index (χ1) is 8.00. The molecule has 0 aliphatic heterocycles. The van der Waals surface area contributed by atoms with E-state index in [0.717, 1.165) is 18.5 Å². The molecule has 1 aromatic heterocycles. The van der Waals surface area contributed by atoms with E-state index < -0.39 is 0 Å². The van der Waals surface area contributed by atoms with Gasteiger partial charge in [-0.1, -0.05) is 13.8 Å². The van der Waals surface area contributed by atoms with E-state index in [4.69, 9.17) is 10.5 Å². The third kappa shape index (κ3) is 4.13. The van der Waals surface area contributed by atoms with Gasteiger partial charge in [0.25, 0.3) is 0 Å². The zero-order valence-corrected chi connectivity index (χ0v) is 11.4. The molecule has 0 unspecified atom stereocenters. The smallest absolute Gasteiger partial charge is 0.0907 e. The van der Waals surface area contributed by atoms with Crippen LogP contribution in [0.15, 0.2) is 12.3 Å². The summed E-state index contributed by atoms with van der Waals surface area (Å²) < 4.78 is 7.60. The Kier molecular flexibility index (Phi) is 5.15. The minimum absolute atomic E-state index is 0.194. The lowest BCUT2D eigenvalue weighted by Crippen LogP contribution is -2.43. The largest absolute Gasteiger partial charge is 0.373 e. The van der Waals surface area contributed by atoms with Crippen LogP contribution < -0.4 is 5.73 Å². The normalized spacial score (nSPS) is 12.4. The van der Waals surface area contributed by atoms with E-state index in [1.807, 2.05) is 16.9 Å². The van der Waals surface area contributed by atoms with Gasteiger partial charge >= 0.3 is 0 Å². The van der Waals surface area contributed by atoms with Gasteiger partial charge in [0, 0.05) is 17.8 Å². The average Bonchev–Trinajstić information content (AvgIpc) is 2.78. The van der Waals surface area contributed by atoms with Crippen molar-refractivity contribution < 1.29 is 4.74 Å². The Bertz CT molecular complexity index is 329. The molecule has 0 aromatic carbocycles. The molecule has 4 nitrogen and oxygen atoms in total. The fourth-order valence-electron chi connectivity index (χ4n) is 1.55. The van der Waals surface area contributed by atoms with Crippen LogP contribution in [-0.2, 0) is 11.3 Å².